The number of nitrogens with one attached hydrogen (secondary N) is 1. The number of aryl methyl sites for hydroxylation is 5. The number of hydrogen-bond acceptors (Lipinski definition) is 12. The Morgan fingerprint density at radius 3 is 1.64 bits per heavy atom. The summed E-state index contributed by atoms with van der Waals surface area (Å²) in [5, 5.41) is 11.1. The maximum absolute atomic E-state index is 14.4. The number of imidazole rings is 2. The van der Waals surface area contributed by atoms with Crippen LogP contribution in [0.1, 0.15) is 103 Å². The lowest BCUT2D eigenvalue weighted by molar-refractivity contribution is -0.119. The number of nitrogens with zero attached hydrogens (tertiary/aromatic N) is 9. The highest BCUT2D eigenvalue weighted by atomic mass is 32.2. The minimum absolute atomic E-state index is 0.0178. The van der Waals surface area contributed by atoms with E-state index in [-0.39, 0.29) is 29.9 Å². The van der Waals surface area contributed by atoms with Gasteiger partial charge in [0, 0.05) is 55.8 Å². The summed E-state index contributed by atoms with van der Waals surface area (Å²) in [4.78, 5) is 36.7. The highest BCUT2D eigenvalue weighted by molar-refractivity contribution is 7.88. The second-order valence-electron chi connectivity index (χ2n) is 19.1. The van der Waals surface area contributed by atoms with Gasteiger partial charge in [0.1, 0.15) is 29.0 Å². The van der Waals surface area contributed by atoms with Crippen LogP contribution in [-0.4, -0.2) is 105 Å². The summed E-state index contributed by atoms with van der Waals surface area (Å²) < 4.78 is 81.1. The Morgan fingerprint density at radius 2 is 1.19 bits per heavy atom. The molecule has 1 N–H and O–H groups in total. The predicted octanol–water partition coefficient (Wildman–Crippen LogP) is 7.30. The van der Waals surface area contributed by atoms with E-state index in [2.05, 4.69) is 24.8 Å². The summed E-state index contributed by atoms with van der Waals surface area (Å²) >= 11 is 0. The zero-order valence-electron chi connectivity index (χ0n) is 40.1. The molecule has 8 heterocycles. The summed E-state index contributed by atoms with van der Waals surface area (Å²) in [6, 6.07) is 15.9. The van der Waals surface area contributed by atoms with Crippen LogP contribution in [0.4, 0.5) is 10.1 Å². The SMILES string of the molecule is Cc1cc(F)cc(N2C(=O)CC[C@H]2c2nc3cc(-c4c(C)noc4C)ccc3n2[C@@H]2CCN(S(C)(=O)=O)C2)c1.Cc1noc(C)c1-c1ccc2c(c1)nc([C@@H]1CCC(=O)N1)n2[C@@H]1CCN(S(C)(=O)=O)C1. The molecule has 7 aromatic rings. The third-order valence-corrected chi connectivity index (χ3v) is 16.7. The molecule has 4 aromatic heterocycles. The molecule has 368 valence electrons. The van der Waals surface area contributed by atoms with E-state index >= 15 is 0 Å². The van der Waals surface area contributed by atoms with Crippen LogP contribution in [0.25, 0.3) is 44.3 Å². The second kappa shape index (κ2) is 17.8. The van der Waals surface area contributed by atoms with E-state index < -0.39 is 31.9 Å². The number of halogens is 1. The van der Waals surface area contributed by atoms with Crippen molar-refractivity contribution in [3.63, 3.8) is 0 Å². The van der Waals surface area contributed by atoms with Gasteiger partial charge in [0.2, 0.25) is 31.9 Å². The molecule has 4 aliphatic rings. The molecule has 3 aromatic carbocycles. The molecule has 0 bridgehead atoms. The van der Waals surface area contributed by atoms with Gasteiger partial charge in [-0.05, 0) is 119 Å². The van der Waals surface area contributed by atoms with Crippen LogP contribution >= 0.6 is 0 Å². The predicted molar refractivity (Wildman–Crippen MR) is 260 cm³/mol. The lowest BCUT2D eigenvalue weighted by Crippen LogP contribution is -2.31. The van der Waals surface area contributed by atoms with Gasteiger partial charge in [-0.25, -0.2) is 39.8 Å². The van der Waals surface area contributed by atoms with Gasteiger partial charge in [-0.1, -0.05) is 22.4 Å². The van der Waals surface area contributed by atoms with Crippen LogP contribution < -0.4 is 10.2 Å². The van der Waals surface area contributed by atoms with Gasteiger partial charge < -0.3 is 28.4 Å². The molecule has 70 heavy (non-hydrogen) atoms. The highest BCUT2D eigenvalue weighted by Crippen LogP contribution is 2.42. The fourth-order valence-electron chi connectivity index (χ4n) is 10.9. The minimum Gasteiger partial charge on any atom is -0.361 e. The molecule has 18 nitrogen and oxygen atoms in total. The fourth-order valence-corrected chi connectivity index (χ4v) is 12.7. The van der Waals surface area contributed by atoms with Crippen molar-refractivity contribution in [2.75, 3.05) is 43.6 Å². The van der Waals surface area contributed by atoms with Crippen molar-refractivity contribution in [1.29, 1.82) is 0 Å². The Bertz CT molecular complexity index is 3410. The maximum atomic E-state index is 14.4. The average Bonchev–Trinajstić information content (AvgIpc) is 4.15. The first-order valence-corrected chi connectivity index (χ1v) is 27.1. The Balaban J connectivity index is 0.000000166. The van der Waals surface area contributed by atoms with Crippen LogP contribution in [0.5, 0.6) is 0 Å². The Morgan fingerprint density at radius 1 is 0.657 bits per heavy atom. The summed E-state index contributed by atoms with van der Waals surface area (Å²) in [6.45, 7) is 11.0. The lowest BCUT2D eigenvalue weighted by atomic mass is 10.0. The molecule has 21 heteroatoms. The Kier molecular flexibility index (Phi) is 12.1. The van der Waals surface area contributed by atoms with Crippen molar-refractivity contribution >= 4 is 59.6 Å². The zero-order chi connectivity index (χ0) is 49.6. The smallest absolute Gasteiger partial charge is 0.227 e. The van der Waals surface area contributed by atoms with Crippen molar-refractivity contribution in [1.82, 2.24) is 43.3 Å². The van der Waals surface area contributed by atoms with E-state index in [0.717, 1.165) is 72.9 Å². The van der Waals surface area contributed by atoms with Gasteiger partial charge in [-0.15, -0.1) is 0 Å². The largest absolute Gasteiger partial charge is 0.361 e. The van der Waals surface area contributed by atoms with E-state index in [9.17, 15) is 30.8 Å². The quantitative estimate of drug-likeness (QED) is 0.151. The number of aromatic nitrogens is 6. The third kappa shape index (κ3) is 8.70. The number of benzene rings is 3. The van der Waals surface area contributed by atoms with Crippen LogP contribution in [-0.2, 0) is 29.6 Å². The van der Waals surface area contributed by atoms with E-state index in [0.29, 0.717) is 82.0 Å². The van der Waals surface area contributed by atoms with Crippen molar-refractivity contribution in [3.8, 4) is 22.3 Å². The van der Waals surface area contributed by atoms with E-state index in [4.69, 9.17) is 19.0 Å². The standard InChI is InChI=1S/C28H30FN5O4S.C21H25N5O4S/c1-16-11-20(29)14-22(12-16)33-25(7-8-26(33)35)28-30-23-13-19(27-17(2)31-38-18(27)3)5-6-24(23)34(28)21-9-10-32(15-21)39(4,36)37;1-12-20(13(2)30-24-12)14-4-6-18-17(10-14)23-21(16-5-7-19(27)22-16)26(18)15-8-9-25(11-15)31(3,28)29/h5-6,11-14,21,25H,7-10,15H2,1-4H3;4,6,10,15-16H,5,7-9,11H2,1-3H3,(H,22,27)/t21-,25+;15-,16+/m11/s1. The molecule has 4 aliphatic heterocycles. The molecule has 4 atom stereocenters. The van der Waals surface area contributed by atoms with Gasteiger partial charge in [0.25, 0.3) is 0 Å². The van der Waals surface area contributed by atoms with Gasteiger partial charge in [-0.2, -0.15) is 0 Å². The van der Waals surface area contributed by atoms with Crippen molar-refractivity contribution in [3.05, 3.63) is 101 Å². The molecule has 4 fully saturated rings. The monoisotopic (exact) mass is 994 g/mol. The maximum Gasteiger partial charge on any atom is 0.227 e. The number of sulfonamides is 2. The molecular formula is C49H55FN10O8S2. The number of anilines is 1. The molecule has 0 unspecified atom stereocenters. The van der Waals surface area contributed by atoms with Gasteiger partial charge in [0.15, 0.2) is 0 Å². The lowest BCUT2D eigenvalue weighted by Gasteiger charge is -2.27. The summed E-state index contributed by atoms with van der Waals surface area (Å²) in [6.07, 6.45) is 5.79. The average molecular weight is 995 g/mol. The van der Waals surface area contributed by atoms with Gasteiger partial charge in [0.05, 0.1) is 70.1 Å². The molecular weight excluding hydrogens is 940 g/mol. The van der Waals surface area contributed by atoms with E-state index in [1.54, 1.807) is 11.8 Å². The molecule has 0 spiro atoms. The fraction of sp³-hybridized carbons (Fsp3) is 0.429. The number of hydrogen-bond donors (Lipinski definition) is 1. The van der Waals surface area contributed by atoms with Crippen LogP contribution in [0.2, 0.25) is 0 Å². The normalized spacial score (nSPS) is 21.4. The van der Waals surface area contributed by atoms with E-state index in [1.165, 1.54) is 33.3 Å². The number of rotatable bonds is 9. The van der Waals surface area contributed by atoms with Crippen molar-refractivity contribution in [2.45, 2.75) is 97.3 Å². The Labute approximate surface area is 404 Å². The minimum atomic E-state index is -3.35. The van der Waals surface area contributed by atoms with Gasteiger partial charge >= 0.3 is 0 Å². The third-order valence-electron chi connectivity index (χ3n) is 14.1. The first kappa shape index (κ1) is 47.4. The van der Waals surface area contributed by atoms with Crippen molar-refractivity contribution in [2.24, 2.45) is 0 Å². The molecule has 0 radical (unpaired) electrons. The zero-order valence-corrected chi connectivity index (χ0v) is 41.7. The number of carbonyl (C=O) groups excluding carboxylic acids is 2. The Hall–Kier alpha value is -6.29. The molecule has 4 saturated heterocycles. The first-order chi connectivity index (χ1) is 33.2. The highest BCUT2D eigenvalue weighted by Gasteiger charge is 2.41. The summed E-state index contributed by atoms with van der Waals surface area (Å²) in [5.41, 5.74) is 9.91. The molecule has 2 amide bonds. The van der Waals surface area contributed by atoms with Crippen LogP contribution in [0.3, 0.4) is 0 Å². The van der Waals surface area contributed by atoms with E-state index in [1.807, 2.05) is 70.2 Å². The topological polar surface area (TPSA) is 212 Å². The number of carbonyl (C=O) groups is 2. The number of amides is 2. The van der Waals surface area contributed by atoms with Gasteiger partial charge in [-0.3, -0.25) is 9.59 Å². The summed E-state index contributed by atoms with van der Waals surface area (Å²) in [7, 11) is -6.61. The van der Waals surface area contributed by atoms with Crippen LogP contribution in [0, 0.1) is 40.4 Å². The molecule has 11 rings (SSSR count). The summed E-state index contributed by atoms with van der Waals surface area (Å²) in [5.74, 6) is 2.44. The van der Waals surface area contributed by atoms with Crippen molar-refractivity contribution < 1.29 is 39.9 Å². The number of fused-ring (bicyclic) bond motifs is 2. The second-order valence-corrected chi connectivity index (χ2v) is 23.0. The van der Waals surface area contributed by atoms with Crippen LogP contribution in [0.15, 0.2) is 63.6 Å². The first-order valence-electron chi connectivity index (χ1n) is 23.4. The molecule has 0 aliphatic carbocycles. The molecule has 0 saturated carbocycles.